The Balaban J connectivity index is 0.907. The SMILES string of the molecule is c1ccc(-c2cccc(-c3ccc(N(c4ccc(-c5ccc(-c6cccc(-c7ccc8ccccc8c7)c6)cc5)cc4)c4ccc5c(c4)sc4ccccc45)cc3)c2)cc1. The molecule has 0 atom stereocenters. The predicted octanol–water partition coefficient (Wildman–Crippen LogP) is 17.0. The number of hydrogen-bond acceptors (Lipinski definition) is 2. The zero-order valence-electron chi connectivity index (χ0n) is 32.9. The van der Waals surface area contributed by atoms with E-state index in [1.165, 1.54) is 86.6 Å². The largest absolute Gasteiger partial charge is 0.310 e. The number of rotatable bonds is 8. The average molecular weight is 782 g/mol. The van der Waals surface area contributed by atoms with E-state index in [1.54, 1.807) is 0 Å². The molecular weight excluding hydrogens is 743 g/mol. The third-order valence-electron chi connectivity index (χ3n) is 11.7. The van der Waals surface area contributed by atoms with Crippen LogP contribution in [0.15, 0.2) is 237 Å². The van der Waals surface area contributed by atoms with Gasteiger partial charge in [0.05, 0.1) is 0 Å². The number of thiophene rings is 1. The first-order valence-electron chi connectivity index (χ1n) is 20.5. The van der Waals surface area contributed by atoms with Crippen molar-refractivity contribution in [1.29, 1.82) is 0 Å². The first-order chi connectivity index (χ1) is 29.7. The summed E-state index contributed by atoms with van der Waals surface area (Å²) in [6, 6.07) is 86.1. The van der Waals surface area contributed by atoms with E-state index in [4.69, 9.17) is 0 Å². The summed E-state index contributed by atoms with van der Waals surface area (Å²) in [6.45, 7) is 0. The topological polar surface area (TPSA) is 3.24 Å². The Kier molecular flexibility index (Phi) is 9.11. The molecule has 11 aromatic rings. The first-order valence-corrected chi connectivity index (χ1v) is 21.3. The maximum atomic E-state index is 2.38. The molecule has 1 aromatic heterocycles. The van der Waals surface area contributed by atoms with Crippen molar-refractivity contribution in [1.82, 2.24) is 0 Å². The third kappa shape index (κ3) is 6.83. The lowest BCUT2D eigenvalue weighted by Gasteiger charge is -2.26. The molecule has 0 fully saturated rings. The summed E-state index contributed by atoms with van der Waals surface area (Å²) in [5.74, 6) is 0. The Labute approximate surface area is 354 Å². The van der Waals surface area contributed by atoms with E-state index in [0.29, 0.717) is 0 Å². The monoisotopic (exact) mass is 781 g/mol. The Morgan fingerprint density at radius 2 is 0.650 bits per heavy atom. The van der Waals surface area contributed by atoms with Crippen LogP contribution in [0.25, 0.3) is 86.6 Å². The molecule has 0 aliphatic rings. The minimum Gasteiger partial charge on any atom is -0.310 e. The molecule has 1 heterocycles. The van der Waals surface area contributed by atoms with Gasteiger partial charge >= 0.3 is 0 Å². The van der Waals surface area contributed by atoms with Gasteiger partial charge in [0, 0.05) is 37.2 Å². The minimum absolute atomic E-state index is 1.11. The lowest BCUT2D eigenvalue weighted by molar-refractivity contribution is 1.29. The van der Waals surface area contributed by atoms with E-state index in [1.807, 2.05) is 11.3 Å². The maximum absolute atomic E-state index is 2.38. The van der Waals surface area contributed by atoms with Crippen LogP contribution in [0, 0.1) is 0 Å². The Hall–Kier alpha value is -7.52. The molecule has 11 rings (SSSR count). The van der Waals surface area contributed by atoms with Gasteiger partial charge in [0.1, 0.15) is 0 Å². The van der Waals surface area contributed by atoms with Gasteiger partial charge in [-0.15, -0.1) is 11.3 Å². The van der Waals surface area contributed by atoms with Gasteiger partial charge in [0.15, 0.2) is 0 Å². The fourth-order valence-electron chi connectivity index (χ4n) is 8.52. The molecule has 60 heavy (non-hydrogen) atoms. The Morgan fingerprint density at radius 3 is 1.28 bits per heavy atom. The molecule has 0 saturated carbocycles. The fourth-order valence-corrected chi connectivity index (χ4v) is 9.66. The van der Waals surface area contributed by atoms with Gasteiger partial charge in [-0.2, -0.15) is 0 Å². The van der Waals surface area contributed by atoms with Crippen molar-refractivity contribution >= 4 is 59.3 Å². The number of hydrogen-bond donors (Lipinski definition) is 0. The lowest BCUT2D eigenvalue weighted by Crippen LogP contribution is -2.09. The van der Waals surface area contributed by atoms with Crippen LogP contribution in [-0.2, 0) is 0 Å². The molecule has 0 spiro atoms. The maximum Gasteiger partial charge on any atom is 0.0476 e. The smallest absolute Gasteiger partial charge is 0.0476 e. The zero-order chi connectivity index (χ0) is 39.8. The molecule has 10 aromatic carbocycles. The van der Waals surface area contributed by atoms with Gasteiger partial charge in [0.25, 0.3) is 0 Å². The number of benzene rings is 10. The van der Waals surface area contributed by atoms with Crippen LogP contribution in [0.3, 0.4) is 0 Å². The van der Waals surface area contributed by atoms with Gasteiger partial charge in [-0.05, 0) is 127 Å². The van der Waals surface area contributed by atoms with E-state index >= 15 is 0 Å². The van der Waals surface area contributed by atoms with Crippen molar-refractivity contribution in [2.45, 2.75) is 0 Å². The summed E-state index contributed by atoms with van der Waals surface area (Å²) in [6.07, 6.45) is 0. The van der Waals surface area contributed by atoms with Crippen LogP contribution in [-0.4, -0.2) is 0 Å². The van der Waals surface area contributed by atoms with Gasteiger partial charge in [0.2, 0.25) is 0 Å². The molecule has 0 N–H and O–H groups in total. The summed E-state index contributed by atoms with van der Waals surface area (Å²) in [4.78, 5) is 2.38. The third-order valence-corrected chi connectivity index (χ3v) is 12.8. The van der Waals surface area contributed by atoms with Gasteiger partial charge in [-0.3, -0.25) is 0 Å². The highest BCUT2D eigenvalue weighted by Crippen LogP contribution is 2.42. The van der Waals surface area contributed by atoms with Crippen molar-refractivity contribution in [2.75, 3.05) is 4.90 Å². The summed E-state index contributed by atoms with van der Waals surface area (Å²) in [7, 11) is 0. The van der Waals surface area contributed by atoms with Crippen molar-refractivity contribution < 1.29 is 0 Å². The molecule has 0 radical (unpaired) electrons. The summed E-state index contributed by atoms with van der Waals surface area (Å²) in [5.41, 5.74) is 15.4. The van der Waals surface area contributed by atoms with Crippen LogP contribution in [0.4, 0.5) is 17.1 Å². The molecule has 0 bridgehead atoms. The van der Waals surface area contributed by atoms with Crippen molar-refractivity contribution in [2.24, 2.45) is 0 Å². The molecule has 0 saturated heterocycles. The minimum atomic E-state index is 1.11. The van der Waals surface area contributed by atoms with Crippen LogP contribution in [0.5, 0.6) is 0 Å². The van der Waals surface area contributed by atoms with Crippen molar-refractivity contribution in [3.63, 3.8) is 0 Å². The van der Waals surface area contributed by atoms with E-state index in [0.717, 1.165) is 17.1 Å². The molecule has 0 aliphatic carbocycles. The summed E-state index contributed by atoms with van der Waals surface area (Å²) in [5, 5.41) is 5.13. The summed E-state index contributed by atoms with van der Waals surface area (Å²) < 4.78 is 2.60. The van der Waals surface area contributed by atoms with Gasteiger partial charge in [-0.25, -0.2) is 0 Å². The normalized spacial score (nSPS) is 11.3. The van der Waals surface area contributed by atoms with Crippen LogP contribution < -0.4 is 4.90 Å². The van der Waals surface area contributed by atoms with Crippen LogP contribution in [0.1, 0.15) is 0 Å². The van der Waals surface area contributed by atoms with Gasteiger partial charge in [-0.1, -0.05) is 176 Å². The lowest BCUT2D eigenvalue weighted by atomic mass is 9.96. The second-order valence-electron chi connectivity index (χ2n) is 15.4. The zero-order valence-corrected chi connectivity index (χ0v) is 33.7. The highest BCUT2D eigenvalue weighted by molar-refractivity contribution is 7.25. The predicted molar refractivity (Wildman–Crippen MR) is 259 cm³/mol. The average Bonchev–Trinajstić information content (AvgIpc) is 3.70. The molecule has 2 heteroatoms. The highest BCUT2D eigenvalue weighted by Gasteiger charge is 2.16. The standard InChI is InChI=1S/C58H39NS/c1-2-10-40(11-3-1)47-14-8-15-48(36-47)45-28-32-53(33-29-45)59(54-34-35-56-55-18-6-7-19-57(55)60-58(56)39-54)52-30-26-43(27-31-52)42-20-22-44(23-21-42)49-16-9-17-50(37-49)51-25-24-41-12-4-5-13-46(41)38-51/h1-39H. The second-order valence-corrected chi connectivity index (χ2v) is 16.5. The number of fused-ring (bicyclic) bond motifs is 4. The fraction of sp³-hybridized carbons (Fsp3) is 0. The second kappa shape index (κ2) is 15.3. The van der Waals surface area contributed by atoms with E-state index in [2.05, 4.69) is 241 Å². The number of nitrogens with zero attached hydrogens (tertiary/aromatic N) is 1. The molecule has 282 valence electrons. The quantitative estimate of drug-likeness (QED) is 0.148. The Morgan fingerprint density at radius 1 is 0.233 bits per heavy atom. The van der Waals surface area contributed by atoms with Crippen LogP contribution in [0.2, 0.25) is 0 Å². The molecule has 0 unspecified atom stereocenters. The molecular formula is C58H39NS. The van der Waals surface area contributed by atoms with Gasteiger partial charge < -0.3 is 4.90 Å². The van der Waals surface area contributed by atoms with Crippen molar-refractivity contribution in [3.05, 3.63) is 237 Å². The van der Waals surface area contributed by atoms with E-state index in [-0.39, 0.29) is 0 Å². The first kappa shape index (κ1) is 35.6. The van der Waals surface area contributed by atoms with Crippen molar-refractivity contribution in [3.8, 4) is 55.6 Å². The van der Waals surface area contributed by atoms with E-state index in [9.17, 15) is 0 Å². The molecule has 0 aliphatic heterocycles. The molecule has 1 nitrogen and oxygen atoms in total. The number of anilines is 3. The highest BCUT2D eigenvalue weighted by atomic mass is 32.1. The van der Waals surface area contributed by atoms with E-state index < -0.39 is 0 Å². The summed E-state index contributed by atoms with van der Waals surface area (Å²) >= 11 is 1.86. The van der Waals surface area contributed by atoms with Crippen LogP contribution >= 0.6 is 11.3 Å². The Bertz CT molecular complexity index is 3290. The molecule has 0 amide bonds.